The molecule has 0 unspecified atom stereocenters. The van der Waals surface area contributed by atoms with Gasteiger partial charge in [-0.25, -0.2) is 4.98 Å². The number of unbranched alkanes of at least 4 members (excludes halogenated alkanes) is 1. The van der Waals surface area contributed by atoms with Gasteiger partial charge in [-0.1, -0.05) is 47.5 Å². The van der Waals surface area contributed by atoms with Crippen molar-refractivity contribution in [2.75, 3.05) is 7.11 Å². The number of fused-ring (bicyclic) bond motifs is 1. The third kappa shape index (κ3) is 5.64. The number of nitrogens with zero attached hydrogens (tertiary/aromatic N) is 4. The molecule has 0 aliphatic heterocycles. The number of aryl methyl sites for hydroxylation is 1. The quantitative estimate of drug-likeness (QED) is 0.247. The van der Waals surface area contributed by atoms with Gasteiger partial charge in [0.25, 0.3) is 5.56 Å². The van der Waals surface area contributed by atoms with Crippen molar-refractivity contribution in [3.8, 4) is 17.6 Å². The van der Waals surface area contributed by atoms with Crippen LogP contribution in [0.3, 0.4) is 0 Å². The highest BCUT2D eigenvalue weighted by Crippen LogP contribution is 2.29. The molecule has 0 aliphatic carbocycles. The molecule has 0 saturated carbocycles. The molecule has 0 radical (unpaired) electrons. The van der Waals surface area contributed by atoms with Gasteiger partial charge in [0.1, 0.15) is 12.4 Å². The van der Waals surface area contributed by atoms with E-state index in [4.69, 9.17) is 14.5 Å². The van der Waals surface area contributed by atoms with Crippen LogP contribution in [-0.4, -0.2) is 23.0 Å². The SMILES string of the molecule is CCCCc1nc2ccc(Br)cc2c(=O)n1N=Cc1ccc(OCc2ccccc2C#N)c(OC)c1. The van der Waals surface area contributed by atoms with E-state index in [0.29, 0.717) is 40.2 Å². The molecule has 8 heteroatoms. The predicted molar refractivity (Wildman–Crippen MR) is 144 cm³/mol. The van der Waals surface area contributed by atoms with E-state index in [1.807, 2.05) is 36.4 Å². The zero-order valence-corrected chi connectivity index (χ0v) is 21.7. The smallest absolute Gasteiger partial charge is 0.282 e. The Morgan fingerprint density at radius 2 is 1.97 bits per heavy atom. The average Bonchev–Trinajstić information content (AvgIpc) is 2.91. The molecule has 1 heterocycles. The average molecular weight is 545 g/mol. The molecule has 4 aromatic rings. The van der Waals surface area contributed by atoms with Gasteiger partial charge < -0.3 is 9.47 Å². The predicted octanol–water partition coefficient (Wildman–Crippen LogP) is 5.84. The summed E-state index contributed by atoms with van der Waals surface area (Å²) in [4.78, 5) is 18.0. The first-order valence-corrected chi connectivity index (χ1v) is 12.4. The third-order valence-electron chi connectivity index (χ3n) is 5.66. The first kappa shape index (κ1) is 25.1. The van der Waals surface area contributed by atoms with E-state index in [1.54, 1.807) is 37.6 Å². The number of ether oxygens (including phenoxy) is 2. The van der Waals surface area contributed by atoms with Gasteiger partial charge in [0.15, 0.2) is 11.5 Å². The number of aromatic nitrogens is 2. The molecule has 0 atom stereocenters. The molecule has 36 heavy (non-hydrogen) atoms. The Bertz CT molecular complexity index is 1520. The second-order valence-electron chi connectivity index (χ2n) is 8.12. The summed E-state index contributed by atoms with van der Waals surface area (Å²) in [5.74, 6) is 1.68. The lowest BCUT2D eigenvalue weighted by Gasteiger charge is -2.12. The molecule has 0 N–H and O–H groups in total. The normalized spacial score (nSPS) is 11.1. The Morgan fingerprint density at radius 3 is 2.75 bits per heavy atom. The highest BCUT2D eigenvalue weighted by atomic mass is 79.9. The van der Waals surface area contributed by atoms with E-state index < -0.39 is 0 Å². The van der Waals surface area contributed by atoms with Crippen LogP contribution in [0.1, 0.15) is 42.3 Å². The number of hydrogen-bond acceptors (Lipinski definition) is 6. The van der Waals surface area contributed by atoms with Crippen LogP contribution >= 0.6 is 15.9 Å². The van der Waals surface area contributed by atoms with Gasteiger partial charge in [-0.3, -0.25) is 4.79 Å². The van der Waals surface area contributed by atoms with E-state index in [9.17, 15) is 10.1 Å². The van der Waals surface area contributed by atoms with Gasteiger partial charge in [-0.15, -0.1) is 0 Å². The maximum Gasteiger partial charge on any atom is 0.282 e. The lowest BCUT2D eigenvalue weighted by atomic mass is 10.1. The lowest BCUT2D eigenvalue weighted by molar-refractivity contribution is 0.284. The fraction of sp³-hybridized carbons (Fsp3) is 0.214. The van der Waals surface area contributed by atoms with Crippen LogP contribution in [-0.2, 0) is 13.0 Å². The zero-order chi connectivity index (χ0) is 25.5. The summed E-state index contributed by atoms with van der Waals surface area (Å²) in [6, 6.07) is 20.4. The highest BCUT2D eigenvalue weighted by Gasteiger charge is 2.12. The largest absolute Gasteiger partial charge is 0.493 e. The monoisotopic (exact) mass is 544 g/mol. The first-order valence-electron chi connectivity index (χ1n) is 11.6. The molecule has 3 aromatic carbocycles. The van der Waals surface area contributed by atoms with Gasteiger partial charge in [-0.2, -0.15) is 15.0 Å². The van der Waals surface area contributed by atoms with Crippen molar-refractivity contribution < 1.29 is 9.47 Å². The lowest BCUT2D eigenvalue weighted by Crippen LogP contribution is -2.22. The number of hydrogen-bond donors (Lipinski definition) is 0. The van der Waals surface area contributed by atoms with Gasteiger partial charge in [0.05, 0.1) is 35.9 Å². The zero-order valence-electron chi connectivity index (χ0n) is 20.1. The van der Waals surface area contributed by atoms with Crippen LogP contribution in [0.2, 0.25) is 0 Å². The molecule has 4 rings (SSSR count). The molecule has 0 spiro atoms. The molecular weight excluding hydrogens is 520 g/mol. The van der Waals surface area contributed by atoms with Crippen molar-refractivity contribution in [1.29, 1.82) is 5.26 Å². The van der Waals surface area contributed by atoms with Crippen LogP contribution in [0.4, 0.5) is 0 Å². The van der Waals surface area contributed by atoms with Gasteiger partial charge in [0.2, 0.25) is 0 Å². The number of nitriles is 1. The van der Waals surface area contributed by atoms with Crippen molar-refractivity contribution >= 4 is 33.0 Å². The minimum atomic E-state index is -0.216. The second-order valence-corrected chi connectivity index (χ2v) is 9.04. The first-order chi connectivity index (χ1) is 17.5. The van der Waals surface area contributed by atoms with Crippen LogP contribution in [0.5, 0.6) is 11.5 Å². The Balaban J connectivity index is 1.63. The van der Waals surface area contributed by atoms with Crippen molar-refractivity contribution in [2.24, 2.45) is 5.10 Å². The third-order valence-corrected chi connectivity index (χ3v) is 6.15. The van der Waals surface area contributed by atoms with Gasteiger partial charge in [-0.05, 0) is 54.4 Å². The standard InChI is InChI=1S/C28H25BrN4O3/c1-3-4-9-27-32-24-12-11-22(29)15-23(24)28(34)33(27)31-17-19-10-13-25(26(14-19)35-2)36-18-21-8-6-5-7-20(21)16-30/h5-8,10-15,17H,3-4,9,18H2,1-2H3. The maximum absolute atomic E-state index is 13.3. The number of benzene rings is 3. The van der Waals surface area contributed by atoms with Crippen molar-refractivity contribution in [3.63, 3.8) is 0 Å². The Kier molecular flexibility index (Phi) is 8.13. The summed E-state index contributed by atoms with van der Waals surface area (Å²) >= 11 is 3.43. The van der Waals surface area contributed by atoms with Gasteiger partial charge >= 0.3 is 0 Å². The highest BCUT2D eigenvalue weighted by molar-refractivity contribution is 9.10. The van der Waals surface area contributed by atoms with E-state index in [1.165, 1.54) is 4.68 Å². The number of methoxy groups -OCH3 is 1. The van der Waals surface area contributed by atoms with Crippen LogP contribution in [0, 0.1) is 11.3 Å². The molecule has 7 nitrogen and oxygen atoms in total. The minimum Gasteiger partial charge on any atom is -0.493 e. The summed E-state index contributed by atoms with van der Waals surface area (Å²) in [6.45, 7) is 2.33. The van der Waals surface area contributed by atoms with Crippen molar-refractivity contribution in [3.05, 3.63) is 98.0 Å². The Hall–Kier alpha value is -3.96. The summed E-state index contributed by atoms with van der Waals surface area (Å²) in [5, 5.41) is 14.3. The summed E-state index contributed by atoms with van der Waals surface area (Å²) in [7, 11) is 1.56. The number of rotatable bonds is 9. The van der Waals surface area contributed by atoms with E-state index in [0.717, 1.165) is 28.4 Å². The fourth-order valence-electron chi connectivity index (χ4n) is 3.73. The van der Waals surface area contributed by atoms with E-state index in [2.05, 4.69) is 34.0 Å². The molecule has 0 bridgehead atoms. The molecule has 182 valence electrons. The van der Waals surface area contributed by atoms with Crippen LogP contribution in [0.25, 0.3) is 10.9 Å². The summed E-state index contributed by atoms with van der Waals surface area (Å²) < 4.78 is 13.6. The molecule has 1 aromatic heterocycles. The second kappa shape index (κ2) is 11.6. The molecule has 0 fully saturated rings. The van der Waals surface area contributed by atoms with Crippen LogP contribution in [0.15, 0.2) is 75.0 Å². The van der Waals surface area contributed by atoms with Crippen LogP contribution < -0.4 is 15.0 Å². The molecule has 0 aliphatic rings. The topological polar surface area (TPSA) is 89.5 Å². The summed E-state index contributed by atoms with van der Waals surface area (Å²) in [5.41, 5.74) is 2.54. The van der Waals surface area contributed by atoms with E-state index >= 15 is 0 Å². The van der Waals surface area contributed by atoms with Crippen molar-refractivity contribution in [1.82, 2.24) is 9.66 Å². The van der Waals surface area contributed by atoms with Gasteiger partial charge in [0, 0.05) is 16.5 Å². The molecular formula is C28H25BrN4O3. The number of halogens is 1. The van der Waals surface area contributed by atoms with E-state index in [-0.39, 0.29) is 12.2 Å². The summed E-state index contributed by atoms with van der Waals surface area (Å²) in [6.07, 6.45) is 4.14. The Morgan fingerprint density at radius 1 is 1.14 bits per heavy atom. The maximum atomic E-state index is 13.3. The Labute approximate surface area is 217 Å². The minimum absolute atomic E-state index is 0.216. The molecule has 0 saturated heterocycles. The fourth-order valence-corrected chi connectivity index (χ4v) is 4.09. The molecule has 0 amide bonds. The van der Waals surface area contributed by atoms with Crippen molar-refractivity contribution in [2.45, 2.75) is 32.8 Å².